The molecule has 1 aromatic heterocycles. The van der Waals surface area contributed by atoms with Gasteiger partial charge in [-0.2, -0.15) is 4.98 Å². The molecule has 0 aliphatic carbocycles. The lowest BCUT2D eigenvalue weighted by Gasteiger charge is -2.05. The predicted molar refractivity (Wildman–Crippen MR) is 58.5 cm³/mol. The molecule has 0 saturated carbocycles. The van der Waals surface area contributed by atoms with Crippen molar-refractivity contribution in [2.24, 2.45) is 0 Å². The van der Waals surface area contributed by atoms with E-state index in [4.69, 9.17) is 4.52 Å². The molecular weight excluding hydrogens is 192 g/mol. The monoisotopic (exact) mass is 212 g/mol. The van der Waals surface area contributed by atoms with Crippen LogP contribution in [0.25, 0.3) is 0 Å². The number of nitrogens with zero attached hydrogens (tertiary/aromatic N) is 3. The zero-order valence-electron chi connectivity index (χ0n) is 9.95. The van der Waals surface area contributed by atoms with Gasteiger partial charge < -0.3 is 14.7 Å². The first kappa shape index (κ1) is 12.1. The summed E-state index contributed by atoms with van der Waals surface area (Å²) < 4.78 is 5.11. The third kappa shape index (κ3) is 4.90. The fourth-order valence-electron chi connectivity index (χ4n) is 1.08. The Bertz CT molecular complexity index is 256. The largest absolute Gasteiger partial charge is 0.338 e. The van der Waals surface area contributed by atoms with Crippen LogP contribution in [0, 0.1) is 0 Å². The second kappa shape index (κ2) is 5.82. The lowest BCUT2D eigenvalue weighted by Crippen LogP contribution is -2.22. The molecule has 0 aliphatic rings. The molecule has 0 aromatic carbocycles. The molecule has 1 aromatic rings. The zero-order chi connectivity index (χ0) is 11.3. The summed E-state index contributed by atoms with van der Waals surface area (Å²) in [6.07, 6.45) is 0.832. The van der Waals surface area contributed by atoms with Crippen molar-refractivity contribution >= 4 is 0 Å². The van der Waals surface area contributed by atoms with Crippen molar-refractivity contribution < 1.29 is 4.52 Å². The Morgan fingerprint density at radius 1 is 1.40 bits per heavy atom. The van der Waals surface area contributed by atoms with Crippen molar-refractivity contribution in [3.63, 3.8) is 0 Å². The summed E-state index contributed by atoms with van der Waals surface area (Å²) in [6, 6.07) is 0.433. The Balaban J connectivity index is 2.35. The average molecular weight is 212 g/mol. The Morgan fingerprint density at radius 3 is 2.73 bits per heavy atom. The van der Waals surface area contributed by atoms with Gasteiger partial charge >= 0.3 is 0 Å². The van der Waals surface area contributed by atoms with Gasteiger partial charge in [-0.1, -0.05) is 19.0 Å². The van der Waals surface area contributed by atoms with E-state index in [1.807, 2.05) is 14.1 Å². The molecule has 15 heavy (non-hydrogen) atoms. The smallest absolute Gasteiger partial charge is 0.240 e. The molecule has 0 spiro atoms. The van der Waals surface area contributed by atoms with E-state index in [0.29, 0.717) is 18.5 Å². The van der Waals surface area contributed by atoms with E-state index in [0.717, 1.165) is 18.8 Å². The lowest BCUT2D eigenvalue weighted by atomic mass is 10.4. The number of aromatic nitrogens is 2. The van der Waals surface area contributed by atoms with Crippen molar-refractivity contribution in [3.05, 3.63) is 11.7 Å². The summed E-state index contributed by atoms with van der Waals surface area (Å²) in [5.74, 6) is 1.45. The van der Waals surface area contributed by atoms with Crippen LogP contribution >= 0.6 is 0 Å². The van der Waals surface area contributed by atoms with Crippen molar-refractivity contribution in [1.82, 2.24) is 20.4 Å². The van der Waals surface area contributed by atoms with E-state index in [1.165, 1.54) is 0 Å². The zero-order valence-corrected chi connectivity index (χ0v) is 9.95. The topological polar surface area (TPSA) is 54.2 Å². The molecule has 86 valence electrons. The minimum absolute atomic E-state index is 0.433. The van der Waals surface area contributed by atoms with Gasteiger partial charge in [-0.05, 0) is 14.1 Å². The maximum absolute atomic E-state index is 5.11. The van der Waals surface area contributed by atoms with Crippen LogP contribution in [-0.4, -0.2) is 41.7 Å². The maximum atomic E-state index is 5.11. The first-order valence-corrected chi connectivity index (χ1v) is 5.27. The van der Waals surface area contributed by atoms with Crippen molar-refractivity contribution in [2.45, 2.75) is 32.9 Å². The van der Waals surface area contributed by atoms with Crippen LogP contribution in [0.2, 0.25) is 0 Å². The maximum Gasteiger partial charge on any atom is 0.240 e. The van der Waals surface area contributed by atoms with Gasteiger partial charge in [0.2, 0.25) is 5.89 Å². The van der Waals surface area contributed by atoms with Crippen LogP contribution in [-0.2, 0) is 13.0 Å². The molecule has 0 atom stereocenters. The van der Waals surface area contributed by atoms with Gasteiger partial charge in [-0.3, -0.25) is 0 Å². The number of rotatable bonds is 6. The van der Waals surface area contributed by atoms with Crippen LogP contribution in [0.1, 0.15) is 25.6 Å². The molecule has 0 fully saturated rings. The summed E-state index contributed by atoms with van der Waals surface area (Å²) in [6.45, 7) is 5.76. The SMILES string of the molecule is CC(C)NCc1nc(CCN(C)C)no1. The van der Waals surface area contributed by atoms with Gasteiger partial charge in [0, 0.05) is 19.0 Å². The Labute approximate surface area is 90.8 Å². The Morgan fingerprint density at radius 2 is 2.13 bits per heavy atom. The molecule has 0 bridgehead atoms. The third-order valence-corrected chi connectivity index (χ3v) is 1.95. The summed E-state index contributed by atoms with van der Waals surface area (Å²) >= 11 is 0. The number of hydrogen-bond donors (Lipinski definition) is 1. The minimum Gasteiger partial charge on any atom is -0.338 e. The summed E-state index contributed by atoms with van der Waals surface area (Å²) in [5.41, 5.74) is 0. The second-order valence-electron chi connectivity index (χ2n) is 4.19. The fourth-order valence-corrected chi connectivity index (χ4v) is 1.08. The average Bonchev–Trinajstić information content (AvgIpc) is 2.59. The van der Waals surface area contributed by atoms with E-state index >= 15 is 0 Å². The fraction of sp³-hybridized carbons (Fsp3) is 0.800. The second-order valence-corrected chi connectivity index (χ2v) is 4.19. The van der Waals surface area contributed by atoms with E-state index < -0.39 is 0 Å². The van der Waals surface area contributed by atoms with E-state index in [-0.39, 0.29) is 0 Å². The standard InChI is InChI=1S/C10H20N4O/c1-8(2)11-7-10-12-9(13-15-10)5-6-14(3)4/h8,11H,5-7H2,1-4H3. The number of likely N-dealkylation sites (N-methyl/N-ethyl adjacent to an activating group) is 1. The summed E-state index contributed by atoms with van der Waals surface area (Å²) in [5, 5.41) is 7.15. The van der Waals surface area contributed by atoms with Crippen LogP contribution in [0.4, 0.5) is 0 Å². The van der Waals surface area contributed by atoms with Gasteiger partial charge in [-0.15, -0.1) is 0 Å². The molecule has 5 nitrogen and oxygen atoms in total. The number of hydrogen-bond acceptors (Lipinski definition) is 5. The molecule has 0 unspecified atom stereocenters. The minimum atomic E-state index is 0.433. The first-order chi connectivity index (χ1) is 7.08. The molecule has 0 saturated heterocycles. The summed E-state index contributed by atoms with van der Waals surface area (Å²) in [7, 11) is 4.06. The molecule has 1 heterocycles. The molecule has 1 rings (SSSR count). The highest BCUT2D eigenvalue weighted by atomic mass is 16.5. The van der Waals surface area contributed by atoms with Crippen LogP contribution in [0.3, 0.4) is 0 Å². The highest BCUT2D eigenvalue weighted by Crippen LogP contribution is 1.98. The first-order valence-electron chi connectivity index (χ1n) is 5.27. The van der Waals surface area contributed by atoms with Crippen molar-refractivity contribution in [2.75, 3.05) is 20.6 Å². The van der Waals surface area contributed by atoms with Crippen LogP contribution in [0.15, 0.2) is 4.52 Å². The van der Waals surface area contributed by atoms with Gasteiger partial charge in [0.25, 0.3) is 0 Å². The molecule has 0 amide bonds. The normalized spacial score (nSPS) is 11.6. The van der Waals surface area contributed by atoms with E-state index in [2.05, 4.69) is 34.2 Å². The predicted octanol–water partition coefficient (Wildman–Crippen LogP) is 0.672. The van der Waals surface area contributed by atoms with Crippen LogP contribution < -0.4 is 5.32 Å². The quantitative estimate of drug-likeness (QED) is 0.751. The van der Waals surface area contributed by atoms with Crippen molar-refractivity contribution in [3.8, 4) is 0 Å². The molecule has 5 heteroatoms. The molecule has 0 aliphatic heterocycles. The Hall–Kier alpha value is -0.940. The van der Waals surface area contributed by atoms with E-state index in [1.54, 1.807) is 0 Å². The number of nitrogens with one attached hydrogen (secondary N) is 1. The molecule has 1 N–H and O–H groups in total. The molecular formula is C10H20N4O. The highest BCUT2D eigenvalue weighted by Gasteiger charge is 2.06. The third-order valence-electron chi connectivity index (χ3n) is 1.95. The van der Waals surface area contributed by atoms with Gasteiger partial charge in [0.05, 0.1) is 6.54 Å². The van der Waals surface area contributed by atoms with E-state index in [9.17, 15) is 0 Å². The van der Waals surface area contributed by atoms with Gasteiger partial charge in [0.1, 0.15) is 0 Å². The van der Waals surface area contributed by atoms with Gasteiger partial charge in [-0.25, -0.2) is 0 Å². The highest BCUT2D eigenvalue weighted by molar-refractivity contribution is 4.86. The molecule has 0 radical (unpaired) electrons. The Kier molecular flexibility index (Phi) is 4.71. The van der Waals surface area contributed by atoms with Crippen LogP contribution in [0.5, 0.6) is 0 Å². The lowest BCUT2D eigenvalue weighted by molar-refractivity contribution is 0.353. The summed E-state index contributed by atoms with van der Waals surface area (Å²) in [4.78, 5) is 6.39. The van der Waals surface area contributed by atoms with Gasteiger partial charge in [0.15, 0.2) is 5.82 Å². The van der Waals surface area contributed by atoms with Crippen molar-refractivity contribution in [1.29, 1.82) is 0 Å².